The van der Waals surface area contributed by atoms with E-state index in [9.17, 15) is 4.79 Å². The molecule has 0 aliphatic heterocycles. The second kappa shape index (κ2) is 3.24. The van der Waals surface area contributed by atoms with Crippen LogP contribution in [0.1, 0.15) is 16.1 Å². The fraction of sp³-hybridized carbons (Fsp3) is 0.200. The highest BCUT2D eigenvalue weighted by molar-refractivity contribution is 6.32. The zero-order chi connectivity index (χ0) is 11.2. The van der Waals surface area contributed by atoms with Crippen LogP contribution in [0, 0.1) is 6.92 Å². The van der Waals surface area contributed by atoms with E-state index in [2.05, 4.69) is 5.10 Å². The number of nitrogens with zero attached hydrogens (tertiary/aromatic N) is 2. The minimum Gasteiger partial charge on any atom is -0.478 e. The van der Waals surface area contributed by atoms with Crippen LogP contribution in [0.25, 0.3) is 10.9 Å². The molecule has 0 spiro atoms. The van der Waals surface area contributed by atoms with Gasteiger partial charge >= 0.3 is 5.97 Å². The van der Waals surface area contributed by atoms with Crippen molar-refractivity contribution in [2.24, 2.45) is 7.05 Å². The molecule has 0 unspecified atom stereocenters. The molecule has 5 heteroatoms. The fourth-order valence-corrected chi connectivity index (χ4v) is 1.93. The summed E-state index contributed by atoms with van der Waals surface area (Å²) in [6, 6.07) is 3.17. The van der Waals surface area contributed by atoms with Gasteiger partial charge in [0.25, 0.3) is 0 Å². The van der Waals surface area contributed by atoms with Gasteiger partial charge in [0.2, 0.25) is 0 Å². The molecule has 78 valence electrons. The Labute approximate surface area is 91.1 Å². The number of aromatic nitrogens is 2. The number of carbonyl (C=O) groups is 1. The van der Waals surface area contributed by atoms with Crippen LogP contribution in [0.2, 0.25) is 5.02 Å². The van der Waals surface area contributed by atoms with E-state index in [1.54, 1.807) is 17.8 Å². The number of fused-ring (bicyclic) bond motifs is 1. The standard InChI is InChI=1S/C10H9ClN2O2/c1-5-7-3-6(11)4-8(10(14)15)9(7)13(2)12-5/h3-4H,1-2H3,(H,14,15). The van der Waals surface area contributed by atoms with Gasteiger partial charge in [-0.15, -0.1) is 0 Å². The second-order valence-electron chi connectivity index (χ2n) is 3.36. The summed E-state index contributed by atoms with van der Waals surface area (Å²) in [5, 5.41) is 14.4. The Balaban J connectivity index is 2.96. The number of hydrogen-bond donors (Lipinski definition) is 1. The smallest absolute Gasteiger partial charge is 0.337 e. The maximum Gasteiger partial charge on any atom is 0.337 e. The van der Waals surface area contributed by atoms with Gasteiger partial charge in [0.15, 0.2) is 0 Å². The van der Waals surface area contributed by atoms with Crippen LogP contribution in [-0.4, -0.2) is 20.9 Å². The molecule has 0 fully saturated rings. The van der Waals surface area contributed by atoms with Gasteiger partial charge in [0.1, 0.15) is 0 Å². The van der Waals surface area contributed by atoms with Crippen LogP contribution in [0.5, 0.6) is 0 Å². The van der Waals surface area contributed by atoms with E-state index in [-0.39, 0.29) is 5.56 Å². The van der Waals surface area contributed by atoms with Crippen molar-refractivity contribution < 1.29 is 9.90 Å². The highest BCUT2D eigenvalue weighted by atomic mass is 35.5. The van der Waals surface area contributed by atoms with E-state index in [0.717, 1.165) is 11.1 Å². The van der Waals surface area contributed by atoms with Gasteiger partial charge in [-0.2, -0.15) is 5.10 Å². The number of rotatable bonds is 1. The maximum atomic E-state index is 11.0. The molecule has 4 nitrogen and oxygen atoms in total. The van der Waals surface area contributed by atoms with Crippen LogP contribution in [0.4, 0.5) is 0 Å². The molecule has 1 aromatic carbocycles. The summed E-state index contributed by atoms with van der Waals surface area (Å²) < 4.78 is 1.56. The number of aromatic carboxylic acids is 1. The molecule has 2 rings (SSSR count). The summed E-state index contributed by atoms with van der Waals surface area (Å²) in [7, 11) is 1.72. The largest absolute Gasteiger partial charge is 0.478 e. The number of carboxylic acids is 1. The predicted octanol–water partition coefficient (Wildman–Crippen LogP) is 2.23. The molecule has 0 saturated carbocycles. The number of aryl methyl sites for hydroxylation is 2. The Morgan fingerprint density at radius 3 is 2.80 bits per heavy atom. The molecule has 0 bridgehead atoms. The van der Waals surface area contributed by atoms with Crippen LogP contribution in [-0.2, 0) is 7.05 Å². The molecule has 0 saturated heterocycles. The van der Waals surface area contributed by atoms with Gasteiger partial charge in [0.05, 0.1) is 16.8 Å². The lowest BCUT2D eigenvalue weighted by Gasteiger charge is -2.01. The van der Waals surface area contributed by atoms with Crippen molar-refractivity contribution in [3.8, 4) is 0 Å². The second-order valence-corrected chi connectivity index (χ2v) is 3.80. The zero-order valence-electron chi connectivity index (χ0n) is 8.28. The van der Waals surface area contributed by atoms with Crippen molar-refractivity contribution in [1.29, 1.82) is 0 Å². The van der Waals surface area contributed by atoms with E-state index in [1.165, 1.54) is 6.07 Å². The van der Waals surface area contributed by atoms with E-state index in [0.29, 0.717) is 10.5 Å². The average Bonchev–Trinajstić information content (AvgIpc) is 2.41. The summed E-state index contributed by atoms with van der Waals surface area (Å²) >= 11 is 5.85. The van der Waals surface area contributed by atoms with Crippen molar-refractivity contribution in [3.63, 3.8) is 0 Å². The number of hydrogen-bond acceptors (Lipinski definition) is 2. The minimum absolute atomic E-state index is 0.181. The van der Waals surface area contributed by atoms with E-state index >= 15 is 0 Å². The number of carboxylic acid groups (broad SMARTS) is 1. The Morgan fingerprint density at radius 2 is 2.20 bits per heavy atom. The van der Waals surface area contributed by atoms with Crippen LogP contribution >= 0.6 is 11.6 Å². The van der Waals surface area contributed by atoms with E-state index in [1.807, 2.05) is 6.92 Å². The van der Waals surface area contributed by atoms with Gasteiger partial charge in [-0.25, -0.2) is 4.79 Å². The van der Waals surface area contributed by atoms with Crippen molar-refractivity contribution in [2.45, 2.75) is 6.92 Å². The molecule has 0 radical (unpaired) electrons. The molecule has 2 aromatic rings. The first kappa shape index (κ1) is 9.98. The molecule has 1 heterocycles. The third kappa shape index (κ3) is 1.47. The summed E-state index contributed by atoms with van der Waals surface area (Å²) in [6.45, 7) is 1.82. The third-order valence-corrected chi connectivity index (χ3v) is 2.54. The summed E-state index contributed by atoms with van der Waals surface area (Å²) in [4.78, 5) is 11.0. The molecule has 0 atom stereocenters. The fourth-order valence-electron chi connectivity index (χ4n) is 1.72. The highest BCUT2D eigenvalue weighted by Gasteiger charge is 2.15. The Bertz CT molecular complexity index is 560. The van der Waals surface area contributed by atoms with E-state index < -0.39 is 5.97 Å². The molecule has 1 aromatic heterocycles. The lowest BCUT2D eigenvalue weighted by molar-refractivity contribution is 0.0698. The average molecular weight is 225 g/mol. The van der Waals surface area contributed by atoms with Crippen LogP contribution in [0.15, 0.2) is 12.1 Å². The molecule has 0 aliphatic rings. The predicted molar refractivity (Wildman–Crippen MR) is 57.4 cm³/mol. The third-order valence-electron chi connectivity index (χ3n) is 2.32. The number of halogens is 1. The van der Waals surface area contributed by atoms with Crippen molar-refractivity contribution in [2.75, 3.05) is 0 Å². The summed E-state index contributed by atoms with van der Waals surface area (Å²) in [6.07, 6.45) is 0. The quantitative estimate of drug-likeness (QED) is 0.808. The van der Waals surface area contributed by atoms with Gasteiger partial charge in [-0.1, -0.05) is 11.6 Å². The summed E-state index contributed by atoms with van der Waals surface area (Å²) in [5.41, 5.74) is 1.56. The number of benzene rings is 1. The molecule has 0 amide bonds. The van der Waals surface area contributed by atoms with E-state index in [4.69, 9.17) is 16.7 Å². The van der Waals surface area contributed by atoms with Crippen LogP contribution < -0.4 is 0 Å². The monoisotopic (exact) mass is 224 g/mol. The SMILES string of the molecule is Cc1nn(C)c2c(C(=O)O)cc(Cl)cc12. The topological polar surface area (TPSA) is 55.1 Å². The lowest BCUT2D eigenvalue weighted by Crippen LogP contribution is -2.01. The van der Waals surface area contributed by atoms with Crippen molar-refractivity contribution in [3.05, 3.63) is 28.4 Å². The molecule has 1 N–H and O–H groups in total. The van der Waals surface area contributed by atoms with Gasteiger partial charge in [-0.05, 0) is 19.1 Å². The Hall–Kier alpha value is -1.55. The first-order chi connectivity index (χ1) is 7.00. The van der Waals surface area contributed by atoms with Gasteiger partial charge in [0, 0.05) is 17.5 Å². The molecule has 15 heavy (non-hydrogen) atoms. The van der Waals surface area contributed by atoms with Crippen molar-refractivity contribution >= 4 is 28.5 Å². The molecular formula is C10H9ClN2O2. The zero-order valence-corrected chi connectivity index (χ0v) is 9.04. The summed E-state index contributed by atoms with van der Waals surface area (Å²) in [5.74, 6) is -0.995. The molecular weight excluding hydrogens is 216 g/mol. The Kier molecular flexibility index (Phi) is 2.16. The van der Waals surface area contributed by atoms with Gasteiger partial charge < -0.3 is 5.11 Å². The minimum atomic E-state index is -0.995. The Morgan fingerprint density at radius 1 is 1.53 bits per heavy atom. The normalized spacial score (nSPS) is 10.9. The molecule has 0 aliphatic carbocycles. The lowest BCUT2D eigenvalue weighted by atomic mass is 10.1. The van der Waals surface area contributed by atoms with Gasteiger partial charge in [-0.3, -0.25) is 4.68 Å². The first-order valence-corrected chi connectivity index (χ1v) is 4.74. The highest BCUT2D eigenvalue weighted by Crippen LogP contribution is 2.25. The van der Waals surface area contributed by atoms with Crippen LogP contribution in [0.3, 0.4) is 0 Å². The van der Waals surface area contributed by atoms with Crippen molar-refractivity contribution in [1.82, 2.24) is 9.78 Å². The first-order valence-electron chi connectivity index (χ1n) is 4.37. The maximum absolute atomic E-state index is 11.0.